The molecule has 1 nitrogen and oxygen atoms in total. The van der Waals surface area contributed by atoms with E-state index in [2.05, 4.69) is 6.58 Å². The van der Waals surface area contributed by atoms with Gasteiger partial charge in [0.15, 0.2) is 0 Å². The lowest BCUT2D eigenvalue weighted by atomic mass is 10.2. The maximum Gasteiger partial charge on any atom is 0.327 e. The number of alkyl halides is 2. The van der Waals surface area contributed by atoms with Gasteiger partial charge in [-0.15, -0.1) is 0 Å². The topological polar surface area (TPSA) is 3.24 Å². The molecular weight excluding hydrogens is 172 g/mol. The highest BCUT2D eigenvalue weighted by molar-refractivity contribution is 5.03. The van der Waals surface area contributed by atoms with Crippen LogP contribution in [0.3, 0.4) is 0 Å². The van der Waals surface area contributed by atoms with Crippen molar-refractivity contribution in [2.24, 2.45) is 0 Å². The molecule has 3 heteroatoms. The van der Waals surface area contributed by atoms with E-state index in [9.17, 15) is 8.78 Å². The summed E-state index contributed by atoms with van der Waals surface area (Å²) in [4.78, 5) is 1.25. The van der Waals surface area contributed by atoms with E-state index in [-0.39, 0.29) is 5.57 Å². The molecule has 76 valence electrons. The fraction of sp³-hybridized carbons (Fsp3) is 0.800. The number of hydrogen-bond acceptors (Lipinski definition) is 1. The predicted molar refractivity (Wildman–Crippen MR) is 49.8 cm³/mol. The van der Waals surface area contributed by atoms with E-state index in [4.69, 9.17) is 0 Å². The quantitative estimate of drug-likeness (QED) is 0.476. The molecule has 1 rings (SSSR count). The van der Waals surface area contributed by atoms with E-state index in [1.54, 1.807) is 0 Å². The van der Waals surface area contributed by atoms with Crippen molar-refractivity contribution in [2.75, 3.05) is 13.1 Å². The van der Waals surface area contributed by atoms with Gasteiger partial charge in [-0.2, -0.15) is 8.78 Å². The molecule has 13 heavy (non-hydrogen) atoms. The molecule has 0 aromatic heterocycles. The minimum atomic E-state index is -2.80. The van der Waals surface area contributed by atoms with Crippen LogP contribution in [0.4, 0.5) is 8.78 Å². The highest BCUT2D eigenvalue weighted by Gasteiger charge is 2.37. The van der Waals surface area contributed by atoms with E-state index < -0.39 is 6.05 Å². The average Bonchev–Trinajstić information content (AvgIpc) is 2.31. The van der Waals surface area contributed by atoms with Crippen molar-refractivity contribution >= 4 is 0 Å². The fourth-order valence-corrected chi connectivity index (χ4v) is 1.62. The predicted octanol–water partition coefficient (Wildman–Crippen LogP) is 3.03. The minimum absolute atomic E-state index is 0.0469. The normalized spacial score (nSPS) is 21.2. The Hall–Kier alpha value is -0.440. The van der Waals surface area contributed by atoms with Crippen LogP contribution in [0.1, 0.15) is 32.6 Å². The molecule has 0 aromatic rings. The molecule has 1 aliphatic rings. The standard InChI is InChI=1S/C10H17F2N/c1-9(2)10(11,12)13-7-5-3-4-6-8-13/h1,3-8H2,2H3. The Morgan fingerprint density at radius 1 is 1.15 bits per heavy atom. The first-order chi connectivity index (χ1) is 6.05. The first-order valence-corrected chi connectivity index (χ1v) is 4.84. The maximum absolute atomic E-state index is 13.4. The Bertz CT molecular complexity index is 181. The second kappa shape index (κ2) is 4.18. The monoisotopic (exact) mass is 189 g/mol. The van der Waals surface area contributed by atoms with Crippen LogP contribution in [0.2, 0.25) is 0 Å². The van der Waals surface area contributed by atoms with Gasteiger partial charge in [-0.05, 0) is 19.8 Å². The lowest BCUT2D eigenvalue weighted by molar-refractivity contribution is -0.111. The minimum Gasteiger partial charge on any atom is -0.241 e. The van der Waals surface area contributed by atoms with Crippen molar-refractivity contribution in [3.8, 4) is 0 Å². The van der Waals surface area contributed by atoms with Crippen LogP contribution < -0.4 is 0 Å². The highest BCUT2D eigenvalue weighted by atomic mass is 19.3. The highest BCUT2D eigenvalue weighted by Crippen LogP contribution is 2.29. The van der Waals surface area contributed by atoms with Gasteiger partial charge in [-0.1, -0.05) is 19.4 Å². The summed E-state index contributed by atoms with van der Waals surface area (Å²) in [5, 5.41) is 0. The molecule has 1 saturated heterocycles. The van der Waals surface area contributed by atoms with Crippen molar-refractivity contribution in [2.45, 2.75) is 38.7 Å². The van der Waals surface area contributed by atoms with E-state index in [0.29, 0.717) is 13.1 Å². The third-order valence-corrected chi connectivity index (χ3v) is 2.52. The zero-order chi connectivity index (χ0) is 9.90. The van der Waals surface area contributed by atoms with Gasteiger partial charge in [-0.3, -0.25) is 0 Å². The van der Waals surface area contributed by atoms with Crippen molar-refractivity contribution in [3.05, 3.63) is 12.2 Å². The molecule has 0 bridgehead atoms. The molecule has 0 saturated carbocycles. The van der Waals surface area contributed by atoms with Gasteiger partial charge in [-0.25, -0.2) is 4.90 Å². The first-order valence-electron chi connectivity index (χ1n) is 4.84. The van der Waals surface area contributed by atoms with Gasteiger partial charge in [0.2, 0.25) is 0 Å². The van der Waals surface area contributed by atoms with Crippen LogP contribution in [-0.4, -0.2) is 24.0 Å². The van der Waals surface area contributed by atoms with Gasteiger partial charge in [0.1, 0.15) is 0 Å². The summed E-state index contributed by atoms with van der Waals surface area (Å²) < 4.78 is 26.9. The van der Waals surface area contributed by atoms with Crippen LogP contribution in [0.5, 0.6) is 0 Å². The van der Waals surface area contributed by atoms with Crippen molar-refractivity contribution < 1.29 is 8.78 Å². The molecule has 0 atom stereocenters. The lowest BCUT2D eigenvalue weighted by Crippen LogP contribution is -2.42. The summed E-state index contributed by atoms with van der Waals surface area (Å²) in [6, 6.07) is -2.80. The molecule has 1 aliphatic heterocycles. The SMILES string of the molecule is C=C(C)C(F)(F)N1CCCCCC1. The van der Waals surface area contributed by atoms with Gasteiger partial charge in [0, 0.05) is 18.7 Å². The summed E-state index contributed by atoms with van der Waals surface area (Å²) in [7, 11) is 0. The molecule has 0 N–H and O–H groups in total. The zero-order valence-corrected chi connectivity index (χ0v) is 8.15. The van der Waals surface area contributed by atoms with E-state index >= 15 is 0 Å². The van der Waals surface area contributed by atoms with Gasteiger partial charge in [0.25, 0.3) is 0 Å². The number of rotatable bonds is 2. The van der Waals surface area contributed by atoms with Crippen molar-refractivity contribution in [3.63, 3.8) is 0 Å². The lowest BCUT2D eigenvalue weighted by Gasteiger charge is -2.30. The van der Waals surface area contributed by atoms with Gasteiger partial charge in [0.05, 0.1) is 0 Å². The van der Waals surface area contributed by atoms with E-state index in [1.807, 2.05) is 0 Å². The van der Waals surface area contributed by atoms with E-state index in [0.717, 1.165) is 25.7 Å². The Morgan fingerprint density at radius 2 is 1.62 bits per heavy atom. The molecule has 0 aromatic carbocycles. The van der Waals surface area contributed by atoms with Crippen molar-refractivity contribution in [1.82, 2.24) is 4.90 Å². The smallest absolute Gasteiger partial charge is 0.241 e. The third kappa shape index (κ3) is 2.50. The van der Waals surface area contributed by atoms with Crippen LogP contribution in [0, 0.1) is 0 Å². The van der Waals surface area contributed by atoms with Crippen LogP contribution >= 0.6 is 0 Å². The molecule has 0 radical (unpaired) electrons. The van der Waals surface area contributed by atoms with Crippen LogP contribution in [-0.2, 0) is 0 Å². The van der Waals surface area contributed by atoms with Gasteiger partial charge < -0.3 is 0 Å². The summed E-state index contributed by atoms with van der Waals surface area (Å²) in [5.41, 5.74) is -0.0469. The number of halogens is 2. The van der Waals surface area contributed by atoms with Crippen LogP contribution in [0.25, 0.3) is 0 Å². The molecule has 0 amide bonds. The van der Waals surface area contributed by atoms with Crippen molar-refractivity contribution in [1.29, 1.82) is 0 Å². The van der Waals surface area contributed by atoms with Crippen LogP contribution in [0.15, 0.2) is 12.2 Å². The largest absolute Gasteiger partial charge is 0.327 e. The summed E-state index contributed by atoms with van der Waals surface area (Å²) in [5.74, 6) is 0. The molecule has 1 heterocycles. The zero-order valence-electron chi connectivity index (χ0n) is 8.15. The molecule has 1 fully saturated rings. The summed E-state index contributed by atoms with van der Waals surface area (Å²) in [6.45, 7) is 5.73. The molecule has 0 unspecified atom stereocenters. The number of likely N-dealkylation sites (tertiary alicyclic amines) is 1. The number of nitrogens with zero attached hydrogens (tertiary/aromatic N) is 1. The van der Waals surface area contributed by atoms with Gasteiger partial charge >= 0.3 is 6.05 Å². The Balaban J connectivity index is 2.62. The average molecular weight is 189 g/mol. The fourth-order valence-electron chi connectivity index (χ4n) is 1.62. The number of hydrogen-bond donors (Lipinski definition) is 0. The summed E-state index contributed by atoms with van der Waals surface area (Å²) in [6.07, 6.45) is 3.90. The molecule has 0 spiro atoms. The Labute approximate surface area is 78.4 Å². The maximum atomic E-state index is 13.4. The second-order valence-corrected chi connectivity index (χ2v) is 3.72. The third-order valence-electron chi connectivity index (χ3n) is 2.52. The summed E-state index contributed by atoms with van der Waals surface area (Å²) >= 11 is 0. The Kier molecular flexibility index (Phi) is 3.42. The Morgan fingerprint density at radius 3 is 2.00 bits per heavy atom. The van der Waals surface area contributed by atoms with E-state index in [1.165, 1.54) is 11.8 Å². The molecular formula is C10H17F2N. The molecule has 0 aliphatic carbocycles. The second-order valence-electron chi connectivity index (χ2n) is 3.72. The first kappa shape index (κ1) is 10.6.